The molecule has 15 heavy (non-hydrogen) atoms. The molecule has 0 unspecified atom stereocenters. The number of hydrogen-bond donors (Lipinski definition) is 2. The molecule has 0 saturated carbocycles. The third-order valence-corrected chi connectivity index (χ3v) is 1.87. The lowest BCUT2D eigenvalue weighted by Gasteiger charge is -2.05. The van der Waals surface area contributed by atoms with E-state index in [4.69, 9.17) is 5.73 Å². The van der Waals surface area contributed by atoms with Crippen molar-refractivity contribution in [3.8, 4) is 0 Å². The molecule has 1 rings (SSSR count). The number of hydrogen-bond acceptors (Lipinski definition) is 2. The molecule has 1 aromatic rings. The maximum absolute atomic E-state index is 13.2. The molecule has 0 atom stereocenters. The van der Waals surface area contributed by atoms with Crippen molar-refractivity contribution < 1.29 is 9.18 Å². The minimum absolute atomic E-state index is 0.00765. The van der Waals surface area contributed by atoms with Crippen molar-refractivity contribution in [3.63, 3.8) is 0 Å². The Morgan fingerprint density at radius 2 is 2.33 bits per heavy atom. The van der Waals surface area contributed by atoms with Crippen molar-refractivity contribution in [2.45, 2.75) is 6.42 Å². The number of rotatable bonds is 4. The van der Waals surface area contributed by atoms with Gasteiger partial charge in [0, 0.05) is 12.2 Å². The van der Waals surface area contributed by atoms with Gasteiger partial charge in [-0.2, -0.15) is 0 Å². The van der Waals surface area contributed by atoms with Crippen LogP contribution in [-0.2, 0) is 0 Å². The standard InChI is InChI=1S/C11H13FN2O/c1-2-3-6-14-11(15)9-5-4-8(13)7-10(9)12/h2,4-5,7H,1,3,6,13H2,(H,14,15). The second kappa shape index (κ2) is 5.14. The van der Waals surface area contributed by atoms with Gasteiger partial charge in [0.05, 0.1) is 5.56 Å². The largest absolute Gasteiger partial charge is 0.399 e. The average molecular weight is 208 g/mol. The topological polar surface area (TPSA) is 55.1 Å². The number of nitrogens with two attached hydrogens (primary N) is 1. The number of benzene rings is 1. The fraction of sp³-hybridized carbons (Fsp3) is 0.182. The Bertz CT molecular complexity index is 377. The van der Waals surface area contributed by atoms with Gasteiger partial charge in [0.15, 0.2) is 0 Å². The molecule has 0 aliphatic heterocycles. The summed E-state index contributed by atoms with van der Waals surface area (Å²) in [6, 6.07) is 3.99. The first-order valence-electron chi connectivity index (χ1n) is 4.59. The second-order valence-corrected chi connectivity index (χ2v) is 3.07. The molecule has 0 heterocycles. The molecule has 3 nitrogen and oxygen atoms in total. The first-order chi connectivity index (χ1) is 7.15. The van der Waals surface area contributed by atoms with E-state index >= 15 is 0 Å². The molecule has 1 amide bonds. The summed E-state index contributed by atoms with van der Waals surface area (Å²) in [5.41, 5.74) is 5.67. The van der Waals surface area contributed by atoms with Gasteiger partial charge in [0.25, 0.3) is 5.91 Å². The fourth-order valence-electron chi connectivity index (χ4n) is 1.10. The minimum Gasteiger partial charge on any atom is -0.399 e. The summed E-state index contributed by atoms with van der Waals surface area (Å²) in [7, 11) is 0. The van der Waals surface area contributed by atoms with Gasteiger partial charge in [-0.25, -0.2) is 4.39 Å². The van der Waals surface area contributed by atoms with Crippen LogP contribution in [0.15, 0.2) is 30.9 Å². The predicted molar refractivity (Wildman–Crippen MR) is 58.0 cm³/mol. The third kappa shape index (κ3) is 3.09. The molecule has 0 bridgehead atoms. The highest BCUT2D eigenvalue weighted by Gasteiger charge is 2.10. The lowest BCUT2D eigenvalue weighted by Crippen LogP contribution is -2.25. The van der Waals surface area contributed by atoms with E-state index < -0.39 is 11.7 Å². The van der Waals surface area contributed by atoms with Gasteiger partial charge in [-0.15, -0.1) is 6.58 Å². The molecule has 0 saturated heterocycles. The van der Waals surface area contributed by atoms with Crippen LogP contribution in [0.2, 0.25) is 0 Å². The van der Waals surface area contributed by atoms with Gasteiger partial charge in [-0.05, 0) is 24.6 Å². The zero-order valence-corrected chi connectivity index (χ0v) is 8.29. The van der Waals surface area contributed by atoms with Gasteiger partial charge in [-0.3, -0.25) is 4.79 Å². The van der Waals surface area contributed by atoms with Gasteiger partial charge in [0.1, 0.15) is 5.82 Å². The van der Waals surface area contributed by atoms with E-state index in [2.05, 4.69) is 11.9 Å². The quantitative estimate of drug-likeness (QED) is 0.449. The molecule has 0 aliphatic carbocycles. The van der Waals surface area contributed by atoms with E-state index in [1.165, 1.54) is 12.1 Å². The van der Waals surface area contributed by atoms with Crippen molar-refractivity contribution in [2.24, 2.45) is 0 Å². The Kier molecular flexibility index (Phi) is 3.85. The Morgan fingerprint density at radius 3 is 2.93 bits per heavy atom. The maximum atomic E-state index is 13.2. The number of carbonyl (C=O) groups excluding carboxylic acids is 1. The van der Waals surface area contributed by atoms with Gasteiger partial charge < -0.3 is 11.1 Å². The first-order valence-corrected chi connectivity index (χ1v) is 4.59. The smallest absolute Gasteiger partial charge is 0.254 e. The Hall–Kier alpha value is -1.84. The van der Waals surface area contributed by atoms with Gasteiger partial charge in [0.2, 0.25) is 0 Å². The second-order valence-electron chi connectivity index (χ2n) is 3.07. The third-order valence-electron chi connectivity index (χ3n) is 1.87. The average Bonchev–Trinajstić information content (AvgIpc) is 2.17. The summed E-state index contributed by atoms with van der Waals surface area (Å²) in [5, 5.41) is 2.57. The van der Waals surface area contributed by atoms with Crippen LogP contribution >= 0.6 is 0 Å². The van der Waals surface area contributed by atoms with Crippen molar-refractivity contribution >= 4 is 11.6 Å². The number of carbonyl (C=O) groups is 1. The molecule has 0 fully saturated rings. The monoisotopic (exact) mass is 208 g/mol. The Morgan fingerprint density at radius 1 is 1.60 bits per heavy atom. The minimum atomic E-state index is -0.605. The summed E-state index contributed by atoms with van der Waals surface area (Å²) in [6.45, 7) is 3.97. The number of amides is 1. The summed E-state index contributed by atoms with van der Waals surface area (Å²) >= 11 is 0. The van der Waals surface area contributed by atoms with Gasteiger partial charge in [-0.1, -0.05) is 6.08 Å². The summed E-state index contributed by atoms with van der Waals surface area (Å²) in [4.78, 5) is 11.4. The van der Waals surface area contributed by atoms with E-state index in [0.717, 1.165) is 6.07 Å². The zero-order valence-electron chi connectivity index (χ0n) is 8.29. The molecular formula is C11H13FN2O. The Balaban J connectivity index is 2.69. The summed E-state index contributed by atoms with van der Waals surface area (Å²) in [5.74, 6) is -1.04. The SMILES string of the molecule is C=CCCNC(=O)c1ccc(N)cc1F. The molecule has 1 aromatic carbocycles. The molecule has 80 valence electrons. The first kappa shape index (κ1) is 11.2. The normalized spacial score (nSPS) is 9.67. The predicted octanol–water partition coefficient (Wildman–Crippen LogP) is 1.71. The summed E-state index contributed by atoms with van der Waals surface area (Å²) < 4.78 is 13.2. The van der Waals surface area contributed by atoms with Crippen LogP contribution in [-0.4, -0.2) is 12.5 Å². The van der Waals surface area contributed by atoms with E-state index in [0.29, 0.717) is 18.7 Å². The molecule has 0 aliphatic rings. The highest BCUT2D eigenvalue weighted by molar-refractivity contribution is 5.94. The van der Waals surface area contributed by atoms with Crippen molar-refractivity contribution in [1.29, 1.82) is 0 Å². The van der Waals surface area contributed by atoms with Crippen LogP contribution < -0.4 is 11.1 Å². The molecule has 3 N–H and O–H groups in total. The maximum Gasteiger partial charge on any atom is 0.254 e. The van der Waals surface area contributed by atoms with E-state index in [1.54, 1.807) is 6.08 Å². The molecule has 4 heteroatoms. The molecule has 0 spiro atoms. The lowest BCUT2D eigenvalue weighted by atomic mass is 10.2. The van der Waals surface area contributed by atoms with E-state index in [1.807, 2.05) is 0 Å². The summed E-state index contributed by atoms with van der Waals surface area (Å²) in [6.07, 6.45) is 2.34. The molecule has 0 radical (unpaired) electrons. The number of nitrogens with one attached hydrogen (secondary N) is 1. The number of halogens is 1. The van der Waals surface area contributed by atoms with Crippen LogP contribution in [0.25, 0.3) is 0 Å². The number of nitrogen functional groups attached to an aromatic ring is 1. The van der Waals surface area contributed by atoms with E-state index in [9.17, 15) is 9.18 Å². The molecule has 0 aromatic heterocycles. The van der Waals surface area contributed by atoms with Crippen LogP contribution in [0.4, 0.5) is 10.1 Å². The van der Waals surface area contributed by atoms with Crippen LogP contribution in [0, 0.1) is 5.82 Å². The van der Waals surface area contributed by atoms with Crippen molar-refractivity contribution in [1.82, 2.24) is 5.32 Å². The van der Waals surface area contributed by atoms with Crippen molar-refractivity contribution in [3.05, 3.63) is 42.2 Å². The van der Waals surface area contributed by atoms with Crippen LogP contribution in [0.5, 0.6) is 0 Å². The lowest BCUT2D eigenvalue weighted by molar-refractivity contribution is 0.0950. The Labute approximate surface area is 87.8 Å². The van der Waals surface area contributed by atoms with Gasteiger partial charge >= 0.3 is 0 Å². The van der Waals surface area contributed by atoms with Crippen LogP contribution in [0.3, 0.4) is 0 Å². The fourth-order valence-corrected chi connectivity index (χ4v) is 1.10. The number of anilines is 1. The van der Waals surface area contributed by atoms with Crippen molar-refractivity contribution in [2.75, 3.05) is 12.3 Å². The zero-order chi connectivity index (χ0) is 11.3. The highest BCUT2D eigenvalue weighted by Crippen LogP contribution is 2.11. The van der Waals surface area contributed by atoms with E-state index in [-0.39, 0.29) is 5.56 Å². The highest BCUT2D eigenvalue weighted by atomic mass is 19.1. The van der Waals surface area contributed by atoms with Crippen LogP contribution in [0.1, 0.15) is 16.8 Å². The molecular weight excluding hydrogens is 195 g/mol.